The molecule has 0 N–H and O–H groups in total. The zero-order chi connectivity index (χ0) is 11.3. The minimum absolute atomic E-state index is 0.354. The van der Waals surface area contributed by atoms with Gasteiger partial charge < -0.3 is 9.47 Å². The van der Waals surface area contributed by atoms with Crippen LogP contribution in [-0.2, 0) is 9.53 Å². The van der Waals surface area contributed by atoms with Gasteiger partial charge in [-0.25, -0.2) is 4.79 Å². The third kappa shape index (κ3) is 3.85. The molecule has 1 rings (SSSR count). The minimum atomic E-state index is -0.628. The number of carbonyl (C=O) groups excluding carboxylic acids is 1. The first-order valence-corrected chi connectivity index (χ1v) is 4.59. The van der Waals surface area contributed by atoms with Gasteiger partial charge in [0.1, 0.15) is 5.75 Å². The fourth-order valence-corrected chi connectivity index (χ4v) is 0.917. The van der Waals surface area contributed by atoms with Gasteiger partial charge in [-0.3, -0.25) is 0 Å². The number of ether oxygens (including phenoxy) is 2. The van der Waals surface area contributed by atoms with Crippen LogP contribution in [0.15, 0.2) is 36.4 Å². The molecule has 1 aromatic rings. The summed E-state index contributed by atoms with van der Waals surface area (Å²) in [6.07, 6.45) is -0.628. The quantitative estimate of drug-likeness (QED) is 0.430. The minimum Gasteiger partial charge on any atom is -0.455 e. The molecule has 0 aromatic heterocycles. The van der Waals surface area contributed by atoms with Crippen LogP contribution in [0, 0.1) is 6.07 Å². The normalized spacial score (nSPS) is 11.6. The molecule has 0 saturated carbocycles. The second-order valence-corrected chi connectivity index (χ2v) is 3.11. The number of carbonyl (C=O) groups is 1. The SMILES string of the molecule is C=C(C)C(=O)OC(C)Oc1cc[c]cc1. The summed E-state index contributed by atoms with van der Waals surface area (Å²) in [5, 5.41) is 0. The zero-order valence-electron chi connectivity index (χ0n) is 8.82. The molecule has 1 aromatic carbocycles. The first-order chi connectivity index (χ1) is 7.09. The van der Waals surface area contributed by atoms with E-state index in [1.54, 1.807) is 38.1 Å². The summed E-state index contributed by atoms with van der Waals surface area (Å²) in [4.78, 5) is 11.1. The molecule has 1 unspecified atom stereocenters. The summed E-state index contributed by atoms with van der Waals surface area (Å²) in [7, 11) is 0. The molecule has 0 spiro atoms. The van der Waals surface area contributed by atoms with Crippen LogP contribution in [0.25, 0.3) is 0 Å². The van der Waals surface area contributed by atoms with Gasteiger partial charge in [-0.2, -0.15) is 0 Å². The molecule has 0 amide bonds. The Labute approximate surface area is 89.3 Å². The van der Waals surface area contributed by atoms with Crippen molar-refractivity contribution < 1.29 is 14.3 Å². The van der Waals surface area contributed by atoms with Crippen LogP contribution in [-0.4, -0.2) is 12.3 Å². The monoisotopic (exact) mass is 205 g/mol. The second kappa shape index (κ2) is 5.20. The van der Waals surface area contributed by atoms with Gasteiger partial charge >= 0.3 is 5.97 Å². The number of benzene rings is 1. The molecular formula is C12H13O3. The van der Waals surface area contributed by atoms with Crippen LogP contribution in [0.5, 0.6) is 5.75 Å². The summed E-state index contributed by atoms with van der Waals surface area (Å²) in [6, 6.07) is 9.80. The predicted molar refractivity (Wildman–Crippen MR) is 56.3 cm³/mol. The van der Waals surface area contributed by atoms with E-state index in [1.807, 2.05) is 0 Å². The number of hydrogen-bond acceptors (Lipinski definition) is 3. The van der Waals surface area contributed by atoms with Gasteiger partial charge in [0.05, 0.1) is 0 Å². The highest BCUT2D eigenvalue weighted by Crippen LogP contribution is 2.11. The van der Waals surface area contributed by atoms with Crippen molar-refractivity contribution in [1.29, 1.82) is 0 Å². The first kappa shape index (κ1) is 11.3. The zero-order valence-corrected chi connectivity index (χ0v) is 8.82. The van der Waals surface area contributed by atoms with Crippen LogP contribution >= 0.6 is 0 Å². The van der Waals surface area contributed by atoms with Crippen molar-refractivity contribution in [3.05, 3.63) is 42.5 Å². The second-order valence-electron chi connectivity index (χ2n) is 3.11. The lowest BCUT2D eigenvalue weighted by atomic mass is 10.3. The molecule has 79 valence electrons. The number of esters is 1. The van der Waals surface area contributed by atoms with Crippen molar-refractivity contribution >= 4 is 5.97 Å². The largest absolute Gasteiger partial charge is 0.455 e. The Morgan fingerprint density at radius 3 is 2.60 bits per heavy atom. The summed E-state index contributed by atoms with van der Waals surface area (Å²) >= 11 is 0. The van der Waals surface area contributed by atoms with Crippen LogP contribution < -0.4 is 4.74 Å². The maximum absolute atomic E-state index is 11.1. The van der Waals surface area contributed by atoms with E-state index in [1.165, 1.54) is 0 Å². The summed E-state index contributed by atoms with van der Waals surface area (Å²) in [6.45, 7) is 6.72. The highest BCUT2D eigenvalue weighted by Gasteiger charge is 2.10. The Hall–Kier alpha value is -1.77. The fourth-order valence-electron chi connectivity index (χ4n) is 0.917. The van der Waals surface area contributed by atoms with Crippen LogP contribution in [0.4, 0.5) is 0 Å². The third-order valence-corrected chi connectivity index (χ3v) is 1.61. The van der Waals surface area contributed by atoms with E-state index in [4.69, 9.17) is 9.47 Å². The summed E-state index contributed by atoms with van der Waals surface area (Å²) < 4.78 is 10.3. The molecule has 1 atom stereocenters. The van der Waals surface area contributed by atoms with Crippen molar-refractivity contribution in [2.75, 3.05) is 0 Å². The van der Waals surface area contributed by atoms with Crippen LogP contribution in [0.3, 0.4) is 0 Å². The van der Waals surface area contributed by atoms with Crippen molar-refractivity contribution in [3.8, 4) is 5.75 Å². The van der Waals surface area contributed by atoms with Crippen molar-refractivity contribution in [3.63, 3.8) is 0 Å². The molecule has 0 heterocycles. The smallest absolute Gasteiger partial charge is 0.336 e. The third-order valence-electron chi connectivity index (χ3n) is 1.61. The van der Waals surface area contributed by atoms with Gasteiger partial charge in [0.25, 0.3) is 0 Å². The van der Waals surface area contributed by atoms with E-state index in [9.17, 15) is 4.79 Å². The molecule has 3 heteroatoms. The lowest BCUT2D eigenvalue weighted by molar-refractivity contribution is -0.156. The predicted octanol–water partition coefficient (Wildman–Crippen LogP) is 2.33. The van der Waals surface area contributed by atoms with E-state index in [0.29, 0.717) is 11.3 Å². The van der Waals surface area contributed by atoms with Crippen molar-refractivity contribution in [2.24, 2.45) is 0 Å². The number of rotatable bonds is 4. The van der Waals surface area contributed by atoms with Crippen LogP contribution in [0.1, 0.15) is 13.8 Å². The fraction of sp³-hybridized carbons (Fsp3) is 0.250. The van der Waals surface area contributed by atoms with E-state index in [0.717, 1.165) is 0 Å². The molecule has 3 nitrogen and oxygen atoms in total. The number of hydrogen-bond donors (Lipinski definition) is 0. The molecule has 0 aliphatic rings. The Kier molecular flexibility index (Phi) is 3.92. The molecule has 0 fully saturated rings. The van der Waals surface area contributed by atoms with Crippen molar-refractivity contribution in [1.82, 2.24) is 0 Å². The maximum atomic E-state index is 11.1. The Morgan fingerprint density at radius 1 is 1.47 bits per heavy atom. The molecular weight excluding hydrogens is 192 g/mol. The lowest BCUT2D eigenvalue weighted by Crippen LogP contribution is -2.21. The van der Waals surface area contributed by atoms with Gasteiger partial charge in [-0.1, -0.05) is 18.7 Å². The van der Waals surface area contributed by atoms with Gasteiger partial charge in [0.2, 0.25) is 6.29 Å². The van der Waals surface area contributed by atoms with Gasteiger partial charge in [-0.15, -0.1) is 0 Å². The molecule has 0 bridgehead atoms. The van der Waals surface area contributed by atoms with E-state index in [-0.39, 0.29) is 0 Å². The Morgan fingerprint density at radius 2 is 2.07 bits per heavy atom. The van der Waals surface area contributed by atoms with E-state index in [2.05, 4.69) is 12.6 Å². The standard InChI is InChI=1S/C12H13O3/c1-9(2)12(13)15-10(3)14-11-7-5-4-6-8-11/h5-8,10H,1H2,2-3H3. The summed E-state index contributed by atoms with van der Waals surface area (Å²) in [5.41, 5.74) is 0.354. The Bertz CT molecular complexity index is 343. The lowest BCUT2D eigenvalue weighted by Gasteiger charge is -2.14. The topological polar surface area (TPSA) is 35.5 Å². The van der Waals surface area contributed by atoms with Gasteiger partial charge in [0, 0.05) is 12.5 Å². The first-order valence-electron chi connectivity index (χ1n) is 4.59. The maximum Gasteiger partial charge on any atom is 0.336 e. The van der Waals surface area contributed by atoms with Crippen LogP contribution in [0.2, 0.25) is 0 Å². The molecule has 1 radical (unpaired) electrons. The average molecular weight is 205 g/mol. The van der Waals surface area contributed by atoms with Crippen molar-refractivity contribution in [2.45, 2.75) is 20.1 Å². The van der Waals surface area contributed by atoms with Gasteiger partial charge in [0.15, 0.2) is 0 Å². The average Bonchev–Trinajstić information content (AvgIpc) is 2.18. The van der Waals surface area contributed by atoms with E-state index >= 15 is 0 Å². The molecule has 0 aliphatic heterocycles. The van der Waals surface area contributed by atoms with Gasteiger partial charge in [-0.05, 0) is 25.1 Å². The van der Waals surface area contributed by atoms with E-state index < -0.39 is 12.3 Å². The highest BCUT2D eigenvalue weighted by molar-refractivity contribution is 5.86. The summed E-state index contributed by atoms with van der Waals surface area (Å²) in [5.74, 6) is 0.181. The highest BCUT2D eigenvalue weighted by atomic mass is 16.7. The Balaban J connectivity index is 2.46. The molecule has 15 heavy (non-hydrogen) atoms. The molecule has 0 saturated heterocycles. The molecule has 0 aliphatic carbocycles.